The van der Waals surface area contributed by atoms with E-state index in [1.54, 1.807) is 33.4 Å². The van der Waals surface area contributed by atoms with Crippen LogP contribution in [0.1, 0.15) is 158 Å². The summed E-state index contributed by atoms with van der Waals surface area (Å²) < 4.78 is 259. The summed E-state index contributed by atoms with van der Waals surface area (Å²) in [5.41, 5.74) is -15.5. The summed E-state index contributed by atoms with van der Waals surface area (Å²) in [7, 11) is -19.1. The lowest BCUT2D eigenvalue weighted by Gasteiger charge is -2.49. The normalized spacial score (nSPS) is 18.4. The average molecular weight is 1840 g/mol. The number of halogens is 14. The quantitative estimate of drug-likeness (QED) is 0.0141. The van der Waals surface area contributed by atoms with Gasteiger partial charge in [-0.15, -0.1) is 0 Å². The average Bonchev–Trinajstić information content (AvgIpc) is 1.65. The van der Waals surface area contributed by atoms with Crippen molar-refractivity contribution in [1.29, 1.82) is 0 Å². The van der Waals surface area contributed by atoms with E-state index in [1.807, 2.05) is 39.0 Å². The molecule has 2 atom stereocenters. The van der Waals surface area contributed by atoms with E-state index in [4.69, 9.17) is 9.47 Å². The maximum Gasteiger partial charge on any atom is 0.534 e. The smallest absolute Gasteiger partial charge is 0.534 e. The molecule has 6 aliphatic heterocycles. The summed E-state index contributed by atoms with van der Waals surface area (Å²) in [6.07, 6.45) is 7.66. The predicted molar refractivity (Wildman–Crippen MR) is 445 cm³/mol. The molecular formula is C90H87ClF13N4O13PS2Si. The van der Waals surface area contributed by atoms with Crippen molar-refractivity contribution in [3.05, 3.63) is 259 Å². The zero-order chi connectivity index (χ0) is 88.8. The van der Waals surface area contributed by atoms with Crippen LogP contribution in [-0.4, -0.2) is 138 Å². The summed E-state index contributed by atoms with van der Waals surface area (Å²) in [6, 6.07) is 45.0. The number of rotatable bonds is 19. The van der Waals surface area contributed by atoms with E-state index in [2.05, 4.69) is 81.2 Å². The summed E-state index contributed by atoms with van der Waals surface area (Å²) in [5, 5.41) is 3.03. The maximum absolute atomic E-state index is 17.5. The molecule has 125 heavy (non-hydrogen) atoms. The minimum atomic E-state index is -6.59. The first kappa shape index (κ1) is 93.8. The number of amides is 3. The van der Waals surface area contributed by atoms with Crippen LogP contribution in [0.25, 0.3) is 5.57 Å². The van der Waals surface area contributed by atoms with Crippen molar-refractivity contribution in [2.24, 2.45) is 5.92 Å². The van der Waals surface area contributed by atoms with Gasteiger partial charge in [-0.1, -0.05) is 120 Å². The summed E-state index contributed by atoms with van der Waals surface area (Å²) >= 11 is 0. The lowest BCUT2D eigenvalue weighted by atomic mass is 9.73. The van der Waals surface area contributed by atoms with Crippen LogP contribution in [0.2, 0.25) is 13.1 Å². The Kier molecular flexibility index (Phi) is 26.6. The Balaban J connectivity index is 0.000000227. The maximum atomic E-state index is 17.5. The van der Waals surface area contributed by atoms with Gasteiger partial charge in [0.05, 0.1) is 28.5 Å². The fraction of sp³-hybridized carbons (Fsp3) is 0.344. The van der Waals surface area contributed by atoms with Gasteiger partial charge in [0.25, 0.3) is 5.91 Å². The molecule has 8 aromatic rings. The van der Waals surface area contributed by atoms with Gasteiger partial charge in [0.1, 0.15) is 31.2 Å². The molecule has 6 heterocycles. The van der Waals surface area contributed by atoms with Gasteiger partial charge in [0, 0.05) is 75.3 Å². The molecule has 2 fully saturated rings. The first-order valence-corrected chi connectivity index (χ1v) is 47.6. The molecule has 1 spiro atoms. The number of piperazine rings is 1. The van der Waals surface area contributed by atoms with Gasteiger partial charge < -0.3 is 49.8 Å². The number of carbonyl (C=O) groups is 5. The Bertz CT molecular complexity index is 5870. The molecule has 15 rings (SSSR count). The van der Waals surface area contributed by atoms with Crippen molar-refractivity contribution in [2.45, 2.75) is 141 Å². The third kappa shape index (κ3) is 16.9. The second-order valence-electron chi connectivity index (χ2n) is 32.5. The number of aryl methyl sites for hydroxylation is 1. The van der Waals surface area contributed by atoms with E-state index < -0.39 is 149 Å². The Morgan fingerprint density at radius 2 is 1.13 bits per heavy atom. The fourth-order valence-electron chi connectivity index (χ4n) is 18.3. The van der Waals surface area contributed by atoms with Crippen LogP contribution >= 0.6 is 7.26 Å². The zero-order valence-electron chi connectivity index (χ0n) is 67.8. The van der Waals surface area contributed by atoms with Crippen molar-refractivity contribution in [1.82, 2.24) is 14.7 Å². The minimum absolute atomic E-state index is 0. The van der Waals surface area contributed by atoms with Crippen molar-refractivity contribution in [3.8, 4) is 23.0 Å². The van der Waals surface area contributed by atoms with Crippen molar-refractivity contribution in [3.63, 3.8) is 0 Å². The van der Waals surface area contributed by atoms with E-state index in [0.717, 1.165) is 44.3 Å². The number of carbonyl (C=O) groups excluding carboxylic acids is 5. The number of likely N-dealkylation sites (tertiary alicyclic amines) is 1. The number of ether oxygens (including phenoxy) is 2. The number of hydrogen-bond donors (Lipinski definition) is 0. The second-order valence-corrected chi connectivity index (χ2v) is 43.4. The number of benzene rings is 8. The lowest BCUT2D eigenvalue weighted by Crippen LogP contribution is -3.00. The number of allylic oxidation sites excluding steroid dienone is 5. The summed E-state index contributed by atoms with van der Waals surface area (Å²) in [5.74, 6) is -20.4. The summed E-state index contributed by atoms with van der Waals surface area (Å²) in [4.78, 5) is 72.2. The third-order valence-corrected chi connectivity index (χ3v) is 34.1. The first-order valence-electron chi connectivity index (χ1n) is 39.8. The molecule has 3 amide bonds. The summed E-state index contributed by atoms with van der Waals surface area (Å²) in [6.45, 7) is 14.3. The third-order valence-electron chi connectivity index (χ3n) is 24.2. The molecule has 35 heteroatoms. The van der Waals surface area contributed by atoms with Gasteiger partial charge in [0.2, 0.25) is 34.9 Å². The highest BCUT2D eigenvalue weighted by molar-refractivity contribution is 7.95. The number of piperidine rings is 1. The fourth-order valence-corrected chi connectivity index (χ4v) is 27.0. The molecule has 17 nitrogen and oxygen atoms in total. The van der Waals surface area contributed by atoms with E-state index >= 15 is 30.7 Å². The molecule has 2 saturated heterocycles. The Morgan fingerprint density at radius 3 is 1.68 bits per heavy atom. The zero-order valence-corrected chi connectivity index (χ0v) is 72.1. The molecule has 0 saturated carbocycles. The highest BCUT2D eigenvalue weighted by Crippen LogP contribution is 2.62. The number of hydrogen-bond acceptors (Lipinski definition) is 14. The van der Waals surface area contributed by atoms with Crippen LogP contribution in [0.3, 0.4) is 0 Å². The van der Waals surface area contributed by atoms with Gasteiger partial charge in [-0.05, 0) is 194 Å². The molecule has 664 valence electrons. The van der Waals surface area contributed by atoms with E-state index in [-0.39, 0.29) is 113 Å². The van der Waals surface area contributed by atoms with Crippen LogP contribution in [0.5, 0.6) is 23.0 Å². The van der Waals surface area contributed by atoms with E-state index in [1.165, 1.54) is 77.5 Å². The molecule has 0 N–H and O–H groups in total. The standard InChI is InChI=1S/C51H46F7NO5PSSi.C38H37F6N3O8S.CH4.ClH/c1-32-29-34(50(61)59-26-24-33(25-27-59)15-13-14-28-65(35-16-7-4-8-17-35,36-18-9-5-10-19-36)37-20-11-6-12-21-37)22-23-38(32)43-39-30-41(52)46(60)44(54)48(39)67(2,3)49-40(43)31-42(53)47(45(49)55)64-66(62,63)51(56,57)58;1-5-27(48)45-13-15-46(16-14-45)28(49)11-8-12-47-31-22(20(2)19-36(47,3)4)17-24-32(29(31)40)53-33-25(37(24)23-10-7-6-9-21(23)35(50)54-37)18-26(39)34(30(33)41)55-56(51,52)38(42,43)44;;/h4-12,16-23,29-31,33H,13-15,24-28H2,1-3H3;6-7,9-10,17-18,20H,5,8,11-16,19H2,1-4H3;1H4;1H/q+1;;;/p-1. The van der Waals surface area contributed by atoms with E-state index in [9.17, 15) is 67.2 Å². The SMILES string of the molecule is C.CCC(=O)N1CCN(C(=O)CCCN2c3c(cc4c(c3F)Oc3c(cc(F)c(OS(=O)(=O)C(F)(F)F)c3F)C43OC(=O)c4ccccc43)C(C)CC2(C)C)CC1.Cc1cc(C(=O)N2CCC(CCCC[P+](c3ccccc3)(c3ccccc3)c3ccccc3)CC2)ccc1C1=C2C=C(F)C(=O)C(F)=C2[Si](C)(C)c2c1cc(F)c(OS(=O)(=O)C(F)(F)F)c2F.[Cl-]. The molecule has 2 unspecified atom stereocenters. The molecule has 7 aliphatic rings. The van der Waals surface area contributed by atoms with Crippen LogP contribution in [0, 0.1) is 41.9 Å². The number of esters is 1. The van der Waals surface area contributed by atoms with Crippen LogP contribution in [0.15, 0.2) is 180 Å². The topological polar surface area (TPSA) is 204 Å². The number of ketones is 1. The number of Topliss-reactive ketones (excluding diaryl/α,β-unsaturated/α-hetero) is 1. The first-order chi connectivity index (χ1) is 58.0. The van der Waals surface area contributed by atoms with Crippen LogP contribution < -0.4 is 51.5 Å². The molecule has 0 bridgehead atoms. The Hall–Kier alpha value is -10.3. The van der Waals surface area contributed by atoms with Gasteiger partial charge in [0.15, 0.2) is 52.0 Å². The highest BCUT2D eigenvalue weighted by Gasteiger charge is 2.59. The van der Waals surface area contributed by atoms with Crippen molar-refractivity contribution < 1.29 is 128 Å². The van der Waals surface area contributed by atoms with E-state index in [0.29, 0.717) is 81.3 Å². The number of nitrogens with zero attached hydrogens (tertiary/aromatic N) is 4. The van der Waals surface area contributed by atoms with Crippen LogP contribution in [0.4, 0.5) is 62.8 Å². The number of anilines is 1. The van der Waals surface area contributed by atoms with Gasteiger partial charge in [-0.2, -0.15) is 47.6 Å². The monoisotopic (exact) mass is 1840 g/mol. The van der Waals surface area contributed by atoms with Crippen molar-refractivity contribution >= 4 is 97.4 Å². The van der Waals surface area contributed by atoms with Gasteiger partial charge >= 0.3 is 37.2 Å². The number of fused-ring (bicyclic) bond motifs is 9. The number of unbranched alkanes of at least 4 members (excludes halogenated alkanes) is 1. The second kappa shape index (κ2) is 35.5. The molecule has 0 radical (unpaired) electrons. The Labute approximate surface area is 722 Å². The minimum Gasteiger partial charge on any atom is -1.00 e. The highest BCUT2D eigenvalue weighted by atomic mass is 35.5. The van der Waals surface area contributed by atoms with Crippen molar-refractivity contribution in [2.75, 3.05) is 56.9 Å². The lowest BCUT2D eigenvalue weighted by molar-refractivity contribution is -0.139. The van der Waals surface area contributed by atoms with Gasteiger partial charge in [-0.25, -0.2) is 31.1 Å². The Morgan fingerprint density at radius 1 is 0.608 bits per heavy atom. The predicted octanol–water partition coefficient (Wildman–Crippen LogP) is 14.9. The molecule has 8 aromatic carbocycles. The van der Waals surface area contributed by atoms with Gasteiger partial charge in [-0.3, -0.25) is 19.2 Å². The molecule has 1 aliphatic carbocycles. The number of alkyl halides is 6. The molecule has 0 aromatic heterocycles. The molecular weight excluding hydrogens is 1750 g/mol. The van der Waals surface area contributed by atoms with Crippen LogP contribution in [-0.2, 0) is 45.0 Å². The largest absolute Gasteiger partial charge is 1.00 e.